The fourth-order valence-electron chi connectivity index (χ4n) is 2.37. The number of amides is 1. The topological polar surface area (TPSA) is 59.8 Å². The van der Waals surface area contributed by atoms with Gasteiger partial charge in [-0.05, 0) is 24.6 Å². The van der Waals surface area contributed by atoms with Crippen molar-refractivity contribution in [2.45, 2.75) is 18.1 Å². The minimum atomic E-state index is -0.369. The summed E-state index contributed by atoms with van der Waals surface area (Å²) in [5.74, 6) is -0.319. The number of halogens is 1. The Labute approximate surface area is 149 Å². The van der Waals surface area contributed by atoms with Crippen molar-refractivity contribution in [3.8, 4) is 5.69 Å². The molecule has 1 aromatic heterocycles. The van der Waals surface area contributed by atoms with Crippen LogP contribution in [0, 0.1) is 5.82 Å². The number of carbonyl (C=O) groups is 1. The number of rotatable bonds is 6. The van der Waals surface area contributed by atoms with Gasteiger partial charge in [0.15, 0.2) is 5.16 Å². The van der Waals surface area contributed by atoms with E-state index in [1.807, 2.05) is 37.3 Å². The van der Waals surface area contributed by atoms with Gasteiger partial charge in [-0.15, -0.1) is 10.2 Å². The van der Waals surface area contributed by atoms with E-state index >= 15 is 0 Å². The third-order valence-corrected chi connectivity index (χ3v) is 4.58. The van der Waals surface area contributed by atoms with Crippen molar-refractivity contribution in [2.75, 3.05) is 5.75 Å². The van der Waals surface area contributed by atoms with E-state index in [2.05, 4.69) is 15.5 Å². The van der Waals surface area contributed by atoms with E-state index < -0.39 is 0 Å². The Hall–Kier alpha value is -2.67. The summed E-state index contributed by atoms with van der Waals surface area (Å²) in [6, 6.07) is 16.0. The summed E-state index contributed by atoms with van der Waals surface area (Å²) in [6.07, 6.45) is 1.44. The van der Waals surface area contributed by atoms with Gasteiger partial charge >= 0.3 is 0 Å². The van der Waals surface area contributed by atoms with Gasteiger partial charge in [-0.1, -0.05) is 54.2 Å². The van der Waals surface area contributed by atoms with Crippen LogP contribution in [0.1, 0.15) is 18.5 Å². The van der Waals surface area contributed by atoms with Crippen molar-refractivity contribution in [1.29, 1.82) is 0 Å². The van der Waals surface area contributed by atoms with Crippen LogP contribution in [-0.2, 0) is 4.79 Å². The van der Waals surface area contributed by atoms with Crippen LogP contribution in [-0.4, -0.2) is 26.4 Å². The zero-order valence-electron chi connectivity index (χ0n) is 13.6. The molecule has 1 amide bonds. The molecular formula is C18H17FN4OS. The molecule has 3 aromatic rings. The Balaban J connectivity index is 1.62. The SMILES string of the molecule is C[C@@H](NC(=O)CSc1nncn1-c1ccccc1F)c1ccccc1. The second kappa shape index (κ2) is 7.94. The highest BCUT2D eigenvalue weighted by Gasteiger charge is 2.14. The average Bonchev–Trinajstić information content (AvgIpc) is 3.09. The standard InChI is InChI=1S/C18H17FN4OS/c1-13(14-7-3-2-4-8-14)21-17(24)11-25-18-22-20-12-23(18)16-10-6-5-9-15(16)19/h2-10,12-13H,11H2,1H3,(H,21,24)/t13-/m1/s1. The minimum Gasteiger partial charge on any atom is -0.349 e. The molecule has 7 heteroatoms. The lowest BCUT2D eigenvalue weighted by Crippen LogP contribution is -2.28. The lowest BCUT2D eigenvalue weighted by molar-refractivity contribution is -0.119. The van der Waals surface area contributed by atoms with E-state index in [4.69, 9.17) is 0 Å². The van der Waals surface area contributed by atoms with Crippen molar-refractivity contribution >= 4 is 17.7 Å². The highest BCUT2D eigenvalue weighted by molar-refractivity contribution is 7.99. The number of carbonyl (C=O) groups excluding carboxylic acids is 1. The van der Waals surface area contributed by atoms with Gasteiger partial charge in [-0.2, -0.15) is 0 Å². The first kappa shape index (κ1) is 17.2. The van der Waals surface area contributed by atoms with Crippen LogP contribution in [0.15, 0.2) is 66.1 Å². The molecule has 0 unspecified atom stereocenters. The van der Waals surface area contributed by atoms with Gasteiger partial charge in [0.1, 0.15) is 12.1 Å². The molecule has 3 rings (SSSR count). The first-order valence-electron chi connectivity index (χ1n) is 7.77. The lowest BCUT2D eigenvalue weighted by Gasteiger charge is -2.14. The van der Waals surface area contributed by atoms with Gasteiger partial charge in [0.05, 0.1) is 17.5 Å². The molecule has 5 nitrogen and oxygen atoms in total. The number of nitrogens with zero attached hydrogens (tertiary/aromatic N) is 3. The number of benzene rings is 2. The first-order valence-corrected chi connectivity index (χ1v) is 8.76. The maximum absolute atomic E-state index is 13.9. The molecule has 1 atom stereocenters. The second-order valence-electron chi connectivity index (χ2n) is 5.42. The Morgan fingerprint density at radius 2 is 1.92 bits per heavy atom. The molecule has 2 aromatic carbocycles. The highest BCUT2D eigenvalue weighted by Crippen LogP contribution is 2.21. The molecule has 0 fully saturated rings. The summed E-state index contributed by atoms with van der Waals surface area (Å²) >= 11 is 1.21. The monoisotopic (exact) mass is 356 g/mol. The van der Waals surface area contributed by atoms with Crippen LogP contribution in [0.2, 0.25) is 0 Å². The molecule has 0 radical (unpaired) electrons. The number of thioether (sulfide) groups is 1. The molecule has 0 aliphatic rings. The Morgan fingerprint density at radius 3 is 2.68 bits per heavy atom. The van der Waals surface area contributed by atoms with Crippen molar-refractivity contribution < 1.29 is 9.18 Å². The molecule has 1 N–H and O–H groups in total. The van der Waals surface area contributed by atoms with Gasteiger partial charge in [0.2, 0.25) is 5.91 Å². The molecule has 0 saturated heterocycles. The quantitative estimate of drug-likeness (QED) is 0.688. The molecule has 0 saturated carbocycles. The third-order valence-electron chi connectivity index (χ3n) is 3.64. The molecule has 0 spiro atoms. The van der Waals surface area contributed by atoms with Gasteiger partial charge in [0, 0.05) is 0 Å². The van der Waals surface area contributed by atoms with E-state index in [1.54, 1.807) is 18.2 Å². The molecule has 1 heterocycles. The van der Waals surface area contributed by atoms with Gasteiger partial charge in [-0.3, -0.25) is 9.36 Å². The summed E-state index contributed by atoms with van der Waals surface area (Å²) in [5, 5.41) is 11.2. The summed E-state index contributed by atoms with van der Waals surface area (Å²) < 4.78 is 15.5. The van der Waals surface area contributed by atoms with Crippen LogP contribution in [0.3, 0.4) is 0 Å². The Bertz CT molecular complexity index is 853. The third kappa shape index (κ3) is 4.24. The van der Waals surface area contributed by atoms with Crippen molar-refractivity contribution in [1.82, 2.24) is 20.1 Å². The van der Waals surface area contributed by atoms with Crippen LogP contribution in [0.5, 0.6) is 0 Å². The molecule has 0 bridgehead atoms. The highest BCUT2D eigenvalue weighted by atomic mass is 32.2. The zero-order chi connectivity index (χ0) is 17.6. The Morgan fingerprint density at radius 1 is 1.20 bits per heavy atom. The lowest BCUT2D eigenvalue weighted by atomic mass is 10.1. The smallest absolute Gasteiger partial charge is 0.230 e. The average molecular weight is 356 g/mol. The number of hydrogen-bond donors (Lipinski definition) is 1. The van der Waals surface area contributed by atoms with Gasteiger partial charge in [0.25, 0.3) is 0 Å². The van der Waals surface area contributed by atoms with Crippen LogP contribution in [0.25, 0.3) is 5.69 Å². The van der Waals surface area contributed by atoms with Gasteiger partial charge in [-0.25, -0.2) is 4.39 Å². The predicted octanol–water partition coefficient (Wildman–Crippen LogP) is 3.38. The first-order chi connectivity index (χ1) is 12.1. The number of aromatic nitrogens is 3. The maximum Gasteiger partial charge on any atom is 0.230 e. The largest absolute Gasteiger partial charge is 0.349 e. The Kier molecular flexibility index (Phi) is 5.45. The van der Waals surface area contributed by atoms with Gasteiger partial charge < -0.3 is 5.32 Å². The van der Waals surface area contributed by atoms with Crippen LogP contribution >= 0.6 is 11.8 Å². The number of nitrogens with one attached hydrogen (secondary N) is 1. The van der Waals surface area contributed by atoms with E-state index in [-0.39, 0.29) is 23.5 Å². The van der Waals surface area contributed by atoms with E-state index in [1.165, 1.54) is 28.7 Å². The van der Waals surface area contributed by atoms with E-state index in [0.717, 1.165) is 5.56 Å². The number of hydrogen-bond acceptors (Lipinski definition) is 4. The fraction of sp³-hybridized carbons (Fsp3) is 0.167. The maximum atomic E-state index is 13.9. The number of para-hydroxylation sites is 1. The summed E-state index contributed by atoms with van der Waals surface area (Å²) in [4.78, 5) is 12.2. The normalized spacial score (nSPS) is 11.9. The van der Waals surface area contributed by atoms with E-state index in [9.17, 15) is 9.18 Å². The molecule has 0 aliphatic carbocycles. The summed E-state index contributed by atoms with van der Waals surface area (Å²) in [6.45, 7) is 1.93. The minimum absolute atomic E-state index is 0.0845. The molecule has 25 heavy (non-hydrogen) atoms. The summed E-state index contributed by atoms with van der Waals surface area (Å²) in [5.41, 5.74) is 1.39. The second-order valence-corrected chi connectivity index (χ2v) is 6.37. The van der Waals surface area contributed by atoms with Crippen molar-refractivity contribution in [3.05, 3.63) is 72.3 Å². The summed E-state index contributed by atoms with van der Waals surface area (Å²) in [7, 11) is 0. The van der Waals surface area contributed by atoms with Crippen LogP contribution < -0.4 is 5.32 Å². The van der Waals surface area contributed by atoms with Crippen molar-refractivity contribution in [3.63, 3.8) is 0 Å². The fourth-order valence-corrected chi connectivity index (χ4v) is 3.11. The van der Waals surface area contributed by atoms with Crippen molar-refractivity contribution in [2.24, 2.45) is 0 Å². The van der Waals surface area contributed by atoms with E-state index in [0.29, 0.717) is 10.8 Å². The predicted molar refractivity (Wildman–Crippen MR) is 95.0 cm³/mol. The molecular weight excluding hydrogens is 339 g/mol. The zero-order valence-corrected chi connectivity index (χ0v) is 14.4. The molecule has 128 valence electrons. The molecule has 0 aliphatic heterocycles. The van der Waals surface area contributed by atoms with Crippen LogP contribution in [0.4, 0.5) is 4.39 Å².